The number of hydrogen-bond donors (Lipinski definition) is 0. The summed E-state index contributed by atoms with van der Waals surface area (Å²) < 4.78 is 16.6. The molecule has 4 heteroatoms. The highest BCUT2D eigenvalue weighted by molar-refractivity contribution is 5.69. The summed E-state index contributed by atoms with van der Waals surface area (Å²) in [6, 6.07) is 0. The second-order valence-electron chi connectivity index (χ2n) is 4.88. The zero-order valence-electron chi connectivity index (χ0n) is 11.0. The SMILES string of the molecule is C=CCC1(COC(=O)CCC)COC(C)(C)O1. The molecule has 0 aromatic carbocycles. The van der Waals surface area contributed by atoms with Crippen molar-refractivity contribution in [2.75, 3.05) is 13.2 Å². The van der Waals surface area contributed by atoms with Gasteiger partial charge in [0.15, 0.2) is 5.79 Å². The van der Waals surface area contributed by atoms with Crippen molar-refractivity contribution in [3.05, 3.63) is 12.7 Å². The fourth-order valence-corrected chi connectivity index (χ4v) is 1.87. The third-order valence-electron chi connectivity index (χ3n) is 2.61. The van der Waals surface area contributed by atoms with Crippen LogP contribution in [0.25, 0.3) is 0 Å². The molecular formula is C13H22O4. The van der Waals surface area contributed by atoms with Gasteiger partial charge < -0.3 is 14.2 Å². The van der Waals surface area contributed by atoms with Crippen LogP contribution in [-0.4, -0.2) is 30.6 Å². The molecule has 0 radical (unpaired) electrons. The van der Waals surface area contributed by atoms with Crippen LogP contribution in [0.2, 0.25) is 0 Å². The first-order valence-corrected chi connectivity index (χ1v) is 6.04. The van der Waals surface area contributed by atoms with Gasteiger partial charge >= 0.3 is 5.97 Å². The summed E-state index contributed by atoms with van der Waals surface area (Å²) in [6.45, 7) is 10.00. The van der Waals surface area contributed by atoms with Crippen LogP contribution >= 0.6 is 0 Å². The molecule has 4 nitrogen and oxygen atoms in total. The summed E-state index contributed by atoms with van der Waals surface area (Å²) in [4.78, 5) is 11.4. The van der Waals surface area contributed by atoms with Gasteiger partial charge in [0.05, 0.1) is 6.61 Å². The van der Waals surface area contributed by atoms with E-state index in [1.54, 1.807) is 6.08 Å². The molecule has 1 fully saturated rings. The lowest BCUT2D eigenvalue weighted by molar-refractivity contribution is -0.179. The number of ether oxygens (including phenoxy) is 3. The van der Waals surface area contributed by atoms with Crippen LogP contribution in [0.1, 0.15) is 40.0 Å². The molecule has 1 atom stereocenters. The van der Waals surface area contributed by atoms with Gasteiger partial charge in [-0.15, -0.1) is 6.58 Å². The molecule has 0 aromatic heterocycles. The Balaban J connectivity index is 2.55. The minimum Gasteiger partial charge on any atom is -0.462 e. The van der Waals surface area contributed by atoms with Crippen molar-refractivity contribution in [1.29, 1.82) is 0 Å². The smallest absolute Gasteiger partial charge is 0.305 e. The number of hydrogen-bond acceptors (Lipinski definition) is 4. The zero-order valence-corrected chi connectivity index (χ0v) is 11.0. The minimum absolute atomic E-state index is 0.191. The first-order valence-electron chi connectivity index (χ1n) is 6.04. The van der Waals surface area contributed by atoms with Gasteiger partial charge in [0, 0.05) is 6.42 Å². The van der Waals surface area contributed by atoms with E-state index in [0.717, 1.165) is 6.42 Å². The first-order chi connectivity index (χ1) is 7.93. The predicted octanol–water partition coefficient (Wildman–Crippen LogP) is 2.43. The van der Waals surface area contributed by atoms with E-state index in [1.807, 2.05) is 20.8 Å². The lowest BCUT2D eigenvalue weighted by Crippen LogP contribution is -2.39. The normalized spacial score (nSPS) is 26.8. The maximum atomic E-state index is 11.4. The van der Waals surface area contributed by atoms with Crippen molar-refractivity contribution < 1.29 is 19.0 Å². The quantitative estimate of drug-likeness (QED) is 0.530. The number of rotatable bonds is 6. The fourth-order valence-electron chi connectivity index (χ4n) is 1.87. The van der Waals surface area contributed by atoms with Crippen molar-refractivity contribution in [2.45, 2.75) is 51.4 Å². The average molecular weight is 242 g/mol. The molecule has 0 N–H and O–H groups in total. The van der Waals surface area contributed by atoms with Gasteiger partial charge in [-0.2, -0.15) is 0 Å². The van der Waals surface area contributed by atoms with Crippen molar-refractivity contribution in [2.24, 2.45) is 0 Å². The molecule has 0 aliphatic carbocycles. The second kappa shape index (κ2) is 5.65. The molecule has 1 aliphatic heterocycles. The Morgan fingerprint density at radius 2 is 2.24 bits per heavy atom. The Hall–Kier alpha value is -0.870. The van der Waals surface area contributed by atoms with Crippen molar-refractivity contribution >= 4 is 5.97 Å². The Bertz CT molecular complexity index is 285. The molecule has 17 heavy (non-hydrogen) atoms. The van der Waals surface area contributed by atoms with Crippen molar-refractivity contribution in [3.8, 4) is 0 Å². The van der Waals surface area contributed by atoms with Gasteiger partial charge in [-0.1, -0.05) is 13.0 Å². The predicted molar refractivity (Wildman–Crippen MR) is 64.5 cm³/mol. The summed E-state index contributed by atoms with van der Waals surface area (Å²) in [5.41, 5.74) is -0.575. The van der Waals surface area contributed by atoms with Crippen LogP contribution in [0.5, 0.6) is 0 Å². The number of carbonyl (C=O) groups excluding carboxylic acids is 1. The van der Waals surface area contributed by atoms with E-state index < -0.39 is 11.4 Å². The molecule has 1 heterocycles. The van der Waals surface area contributed by atoms with E-state index >= 15 is 0 Å². The topological polar surface area (TPSA) is 44.8 Å². The molecule has 0 amide bonds. The lowest BCUT2D eigenvalue weighted by atomic mass is 10.0. The molecule has 1 rings (SSSR count). The maximum Gasteiger partial charge on any atom is 0.305 e. The minimum atomic E-state index is -0.625. The fraction of sp³-hybridized carbons (Fsp3) is 0.769. The summed E-state index contributed by atoms with van der Waals surface area (Å²) in [6.07, 6.45) is 3.60. The molecule has 98 valence electrons. The largest absolute Gasteiger partial charge is 0.462 e. The van der Waals surface area contributed by atoms with Gasteiger partial charge in [0.2, 0.25) is 0 Å². The molecule has 1 unspecified atom stereocenters. The van der Waals surface area contributed by atoms with Crippen LogP contribution in [-0.2, 0) is 19.0 Å². The number of carbonyl (C=O) groups is 1. The Kier molecular flexibility index (Phi) is 4.71. The highest BCUT2D eigenvalue weighted by Gasteiger charge is 2.45. The lowest BCUT2D eigenvalue weighted by Gasteiger charge is -2.27. The van der Waals surface area contributed by atoms with E-state index in [0.29, 0.717) is 19.4 Å². The van der Waals surface area contributed by atoms with Gasteiger partial charge in [0.25, 0.3) is 0 Å². The second-order valence-corrected chi connectivity index (χ2v) is 4.88. The van der Waals surface area contributed by atoms with E-state index in [2.05, 4.69) is 6.58 Å². The molecule has 1 saturated heterocycles. The summed E-state index contributed by atoms with van der Waals surface area (Å²) in [5.74, 6) is -0.815. The Labute approximate surface area is 103 Å². The molecule has 0 spiro atoms. The van der Waals surface area contributed by atoms with Crippen LogP contribution in [0, 0.1) is 0 Å². The molecule has 0 aromatic rings. The highest BCUT2D eigenvalue weighted by Crippen LogP contribution is 2.34. The molecular weight excluding hydrogens is 220 g/mol. The molecule has 0 saturated carbocycles. The van der Waals surface area contributed by atoms with Crippen LogP contribution < -0.4 is 0 Å². The Morgan fingerprint density at radius 1 is 1.53 bits per heavy atom. The van der Waals surface area contributed by atoms with Crippen molar-refractivity contribution in [1.82, 2.24) is 0 Å². The van der Waals surface area contributed by atoms with E-state index in [4.69, 9.17) is 14.2 Å². The van der Waals surface area contributed by atoms with Crippen LogP contribution in [0.3, 0.4) is 0 Å². The molecule has 1 aliphatic rings. The summed E-state index contributed by atoms with van der Waals surface area (Å²) >= 11 is 0. The highest BCUT2D eigenvalue weighted by atomic mass is 16.8. The maximum absolute atomic E-state index is 11.4. The van der Waals surface area contributed by atoms with Gasteiger partial charge in [-0.05, 0) is 26.7 Å². The zero-order chi connectivity index (χ0) is 12.9. The third-order valence-corrected chi connectivity index (χ3v) is 2.61. The van der Waals surface area contributed by atoms with Gasteiger partial charge in [-0.25, -0.2) is 0 Å². The van der Waals surface area contributed by atoms with E-state index in [9.17, 15) is 4.79 Å². The average Bonchev–Trinajstić information content (AvgIpc) is 2.53. The van der Waals surface area contributed by atoms with Crippen LogP contribution in [0.15, 0.2) is 12.7 Å². The summed E-state index contributed by atoms with van der Waals surface area (Å²) in [5, 5.41) is 0. The van der Waals surface area contributed by atoms with Gasteiger partial charge in [0.1, 0.15) is 12.2 Å². The van der Waals surface area contributed by atoms with Crippen LogP contribution in [0.4, 0.5) is 0 Å². The first kappa shape index (κ1) is 14.2. The van der Waals surface area contributed by atoms with Gasteiger partial charge in [-0.3, -0.25) is 4.79 Å². The monoisotopic (exact) mass is 242 g/mol. The van der Waals surface area contributed by atoms with E-state index in [1.165, 1.54) is 0 Å². The summed E-state index contributed by atoms with van der Waals surface area (Å²) in [7, 11) is 0. The number of esters is 1. The molecule has 0 bridgehead atoms. The Morgan fingerprint density at radius 3 is 2.71 bits per heavy atom. The standard InChI is InChI=1S/C13H22O4/c1-5-7-11(14)15-9-13(8-6-2)10-16-12(3,4)17-13/h6H,2,5,7-10H2,1,3-4H3. The third kappa shape index (κ3) is 4.13. The van der Waals surface area contributed by atoms with Crippen molar-refractivity contribution in [3.63, 3.8) is 0 Å². The van der Waals surface area contributed by atoms with E-state index in [-0.39, 0.29) is 12.6 Å².